The lowest BCUT2D eigenvalue weighted by molar-refractivity contribution is -0.130. The van der Waals surface area contributed by atoms with Crippen LogP contribution < -0.4 is 10.1 Å². The van der Waals surface area contributed by atoms with Gasteiger partial charge in [0.2, 0.25) is 0 Å². The minimum atomic E-state index is -1.00. The molecule has 0 radical (unpaired) electrons. The van der Waals surface area contributed by atoms with Gasteiger partial charge in [0, 0.05) is 0 Å². The van der Waals surface area contributed by atoms with Gasteiger partial charge < -0.3 is 15.2 Å². The summed E-state index contributed by atoms with van der Waals surface area (Å²) in [6, 6.07) is 13.9. The summed E-state index contributed by atoms with van der Waals surface area (Å²) < 4.78 is 5.33. The minimum Gasteiger partial charge on any atom is -0.504 e. The summed E-state index contributed by atoms with van der Waals surface area (Å²) in [5, 5.41) is 17.4. The van der Waals surface area contributed by atoms with Crippen molar-refractivity contribution in [2.45, 2.75) is 32.2 Å². The Bertz CT molecular complexity index is 898. The molecule has 7 heteroatoms. The van der Waals surface area contributed by atoms with E-state index in [1.165, 1.54) is 12.3 Å². The number of phenolic OH excluding ortho intramolecular Hbond substituents is 1. The molecule has 1 atom stereocenters. The van der Waals surface area contributed by atoms with Crippen LogP contribution in [-0.2, 0) is 11.2 Å². The molecule has 1 aliphatic heterocycles. The number of nitrogens with one attached hydrogen (secondary N) is 1. The zero-order chi connectivity index (χ0) is 20.1. The van der Waals surface area contributed by atoms with Gasteiger partial charge in [-0.3, -0.25) is 4.79 Å². The van der Waals surface area contributed by atoms with Crippen LogP contribution >= 0.6 is 0 Å². The second kappa shape index (κ2) is 8.12. The van der Waals surface area contributed by atoms with Gasteiger partial charge in [-0.15, -0.1) is 5.01 Å². The van der Waals surface area contributed by atoms with Crippen molar-refractivity contribution >= 4 is 18.2 Å². The summed E-state index contributed by atoms with van der Waals surface area (Å²) in [5.41, 5.74) is 0.690. The number of aromatic hydroxyl groups is 1. The average molecular weight is 381 g/mol. The highest BCUT2D eigenvalue weighted by Gasteiger charge is 2.47. The van der Waals surface area contributed by atoms with Crippen molar-refractivity contribution in [3.05, 3.63) is 59.7 Å². The molecular formula is C21H23N3O4. The molecule has 7 nitrogen and oxygen atoms in total. The van der Waals surface area contributed by atoms with Gasteiger partial charge in [0.15, 0.2) is 11.5 Å². The van der Waals surface area contributed by atoms with Crippen LogP contribution in [0.5, 0.6) is 11.5 Å². The molecular weight excluding hydrogens is 358 g/mol. The molecule has 1 saturated heterocycles. The Morgan fingerprint density at radius 1 is 1.21 bits per heavy atom. The van der Waals surface area contributed by atoms with E-state index in [4.69, 9.17) is 4.74 Å². The van der Waals surface area contributed by atoms with E-state index in [1.54, 1.807) is 19.1 Å². The Kier molecular flexibility index (Phi) is 5.63. The Balaban J connectivity index is 1.71. The van der Waals surface area contributed by atoms with E-state index in [2.05, 4.69) is 10.4 Å². The molecule has 2 aromatic rings. The van der Waals surface area contributed by atoms with Crippen molar-refractivity contribution in [3.63, 3.8) is 0 Å². The fraction of sp³-hybridized carbons (Fsp3) is 0.286. The van der Waals surface area contributed by atoms with E-state index in [0.717, 1.165) is 10.6 Å². The summed E-state index contributed by atoms with van der Waals surface area (Å²) in [6.07, 6.45) is 2.53. The third kappa shape index (κ3) is 4.14. The molecule has 1 heterocycles. The molecule has 2 N–H and O–H groups in total. The number of carbonyl (C=O) groups is 2. The summed E-state index contributed by atoms with van der Waals surface area (Å²) in [7, 11) is 0. The van der Waals surface area contributed by atoms with E-state index in [9.17, 15) is 14.7 Å². The van der Waals surface area contributed by atoms with Gasteiger partial charge in [-0.1, -0.05) is 30.3 Å². The quantitative estimate of drug-likeness (QED) is 0.570. The number of ether oxygens (including phenoxy) is 1. The van der Waals surface area contributed by atoms with E-state index >= 15 is 0 Å². The Hall–Kier alpha value is -3.35. The number of nitrogens with zero attached hydrogens (tertiary/aromatic N) is 2. The third-order valence-corrected chi connectivity index (χ3v) is 4.60. The Labute approximate surface area is 163 Å². The number of hydrazone groups is 1. The molecule has 3 rings (SSSR count). The number of urea groups is 1. The molecule has 0 unspecified atom stereocenters. The monoisotopic (exact) mass is 381 g/mol. The van der Waals surface area contributed by atoms with Crippen LogP contribution in [0.2, 0.25) is 0 Å². The van der Waals surface area contributed by atoms with Gasteiger partial charge in [-0.2, -0.15) is 5.10 Å². The lowest BCUT2D eigenvalue weighted by Gasteiger charge is -2.20. The van der Waals surface area contributed by atoms with Gasteiger partial charge in [-0.25, -0.2) is 4.79 Å². The molecule has 0 aromatic heterocycles. The molecule has 1 aliphatic rings. The van der Waals surface area contributed by atoms with E-state index in [1.807, 2.05) is 37.3 Å². The highest BCUT2D eigenvalue weighted by atomic mass is 16.5. The van der Waals surface area contributed by atoms with Crippen molar-refractivity contribution in [1.82, 2.24) is 10.3 Å². The van der Waals surface area contributed by atoms with Crippen molar-refractivity contribution < 1.29 is 19.4 Å². The second-order valence-corrected chi connectivity index (χ2v) is 6.77. The van der Waals surface area contributed by atoms with Crippen LogP contribution in [0.15, 0.2) is 53.6 Å². The number of phenols is 1. The van der Waals surface area contributed by atoms with Gasteiger partial charge in [0.25, 0.3) is 5.91 Å². The summed E-state index contributed by atoms with van der Waals surface area (Å²) in [5.74, 6) is -0.0627. The standard InChI is InChI=1S/C21H23N3O4/c1-3-28-18-13-16(9-10-17(18)25)14-22-24-19(26)21(2,23-20(24)27)12-11-15-7-5-4-6-8-15/h4-10,13-14,25H,3,11-12H2,1-2H3,(H,23,27)/b22-14+/t21-/m0/s1. The number of hydrogen-bond acceptors (Lipinski definition) is 5. The highest BCUT2D eigenvalue weighted by Crippen LogP contribution is 2.27. The molecule has 0 saturated carbocycles. The van der Waals surface area contributed by atoms with Crippen LogP contribution in [0.1, 0.15) is 31.4 Å². The molecule has 0 aliphatic carbocycles. The largest absolute Gasteiger partial charge is 0.504 e. The first-order valence-electron chi connectivity index (χ1n) is 9.13. The van der Waals surface area contributed by atoms with Crippen molar-refractivity contribution in [3.8, 4) is 11.5 Å². The maximum atomic E-state index is 12.8. The van der Waals surface area contributed by atoms with E-state index in [-0.39, 0.29) is 5.75 Å². The first kappa shape index (κ1) is 19.4. The Morgan fingerprint density at radius 3 is 2.68 bits per heavy atom. The average Bonchev–Trinajstić information content (AvgIpc) is 2.91. The third-order valence-electron chi connectivity index (χ3n) is 4.60. The number of amides is 3. The van der Waals surface area contributed by atoms with Gasteiger partial charge >= 0.3 is 6.03 Å². The number of rotatable bonds is 7. The van der Waals surface area contributed by atoms with Crippen LogP contribution in [0.25, 0.3) is 0 Å². The number of imide groups is 1. The molecule has 146 valence electrons. The van der Waals surface area contributed by atoms with Crippen LogP contribution in [-0.4, -0.2) is 40.4 Å². The fourth-order valence-corrected chi connectivity index (χ4v) is 2.99. The van der Waals surface area contributed by atoms with E-state index < -0.39 is 17.5 Å². The molecule has 0 spiro atoms. The summed E-state index contributed by atoms with van der Waals surface area (Å²) in [4.78, 5) is 25.0. The molecule has 28 heavy (non-hydrogen) atoms. The minimum absolute atomic E-state index is 0.0162. The molecule has 3 amide bonds. The van der Waals surface area contributed by atoms with Crippen LogP contribution in [0, 0.1) is 0 Å². The predicted octanol–water partition coefficient (Wildman–Crippen LogP) is 3.07. The lowest BCUT2D eigenvalue weighted by atomic mass is 9.93. The summed E-state index contributed by atoms with van der Waals surface area (Å²) in [6.45, 7) is 3.92. The molecule has 1 fully saturated rings. The number of aryl methyl sites for hydroxylation is 1. The number of carbonyl (C=O) groups excluding carboxylic acids is 2. The first-order chi connectivity index (χ1) is 13.4. The van der Waals surface area contributed by atoms with Crippen LogP contribution in [0.3, 0.4) is 0 Å². The lowest BCUT2D eigenvalue weighted by Crippen LogP contribution is -2.44. The normalized spacial score (nSPS) is 19.3. The maximum Gasteiger partial charge on any atom is 0.346 e. The first-order valence-corrected chi connectivity index (χ1v) is 9.13. The van der Waals surface area contributed by atoms with Crippen molar-refractivity contribution in [2.24, 2.45) is 5.10 Å². The SMILES string of the molecule is CCOc1cc(/C=N/N2C(=O)N[C@@](C)(CCc3ccccc3)C2=O)ccc1O. The van der Waals surface area contributed by atoms with Gasteiger partial charge in [-0.05, 0) is 56.0 Å². The second-order valence-electron chi connectivity index (χ2n) is 6.77. The molecule has 2 aromatic carbocycles. The summed E-state index contributed by atoms with van der Waals surface area (Å²) >= 11 is 0. The smallest absolute Gasteiger partial charge is 0.346 e. The number of benzene rings is 2. The Morgan fingerprint density at radius 2 is 1.96 bits per heavy atom. The maximum absolute atomic E-state index is 12.8. The number of hydrogen-bond donors (Lipinski definition) is 2. The topological polar surface area (TPSA) is 91.2 Å². The fourth-order valence-electron chi connectivity index (χ4n) is 2.99. The van der Waals surface area contributed by atoms with Crippen molar-refractivity contribution in [2.75, 3.05) is 6.61 Å². The van der Waals surface area contributed by atoms with Crippen LogP contribution in [0.4, 0.5) is 4.79 Å². The zero-order valence-corrected chi connectivity index (χ0v) is 15.9. The van der Waals surface area contributed by atoms with Crippen molar-refractivity contribution in [1.29, 1.82) is 0 Å². The van der Waals surface area contributed by atoms with E-state index in [0.29, 0.717) is 30.8 Å². The predicted molar refractivity (Wildman–Crippen MR) is 105 cm³/mol. The highest BCUT2D eigenvalue weighted by molar-refractivity contribution is 6.07. The zero-order valence-electron chi connectivity index (χ0n) is 15.9. The van der Waals surface area contributed by atoms with Gasteiger partial charge in [0.1, 0.15) is 5.54 Å². The molecule has 0 bridgehead atoms. The van der Waals surface area contributed by atoms with Gasteiger partial charge in [0.05, 0.1) is 12.8 Å².